The largest absolute Gasteiger partial charge is 0.381 e. The van der Waals surface area contributed by atoms with Crippen molar-refractivity contribution < 1.29 is 14.0 Å². The van der Waals surface area contributed by atoms with Crippen molar-refractivity contribution in [2.75, 3.05) is 13.2 Å². The van der Waals surface area contributed by atoms with Crippen LogP contribution in [-0.2, 0) is 14.9 Å². The van der Waals surface area contributed by atoms with Gasteiger partial charge in [0.25, 0.3) is 5.89 Å². The highest BCUT2D eigenvalue weighted by atomic mass is 16.5. The quantitative estimate of drug-likeness (QED) is 0.859. The molecule has 2 fully saturated rings. The highest BCUT2D eigenvalue weighted by Gasteiger charge is 2.41. The first-order valence-corrected chi connectivity index (χ1v) is 8.82. The van der Waals surface area contributed by atoms with Crippen LogP contribution in [0.5, 0.6) is 0 Å². The van der Waals surface area contributed by atoms with E-state index in [1.54, 1.807) is 0 Å². The Kier molecular flexibility index (Phi) is 4.14. The third kappa shape index (κ3) is 2.76. The van der Waals surface area contributed by atoms with Gasteiger partial charge in [-0.3, -0.25) is 0 Å². The Morgan fingerprint density at radius 3 is 2.50 bits per heavy atom. The van der Waals surface area contributed by atoms with Gasteiger partial charge in [0.05, 0.1) is 11.5 Å². The maximum atomic E-state index is 5.88. The van der Waals surface area contributed by atoms with Gasteiger partial charge in [-0.05, 0) is 45.1 Å². The van der Waals surface area contributed by atoms with Crippen LogP contribution in [0.25, 0.3) is 0 Å². The minimum absolute atomic E-state index is 0.0591. The average Bonchev–Trinajstić information content (AvgIpc) is 3.25. The summed E-state index contributed by atoms with van der Waals surface area (Å²) in [6.45, 7) is 5.62. The molecule has 3 heterocycles. The lowest BCUT2D eigenvalue weighted by Gasteiger charge is -2.35. The molecule has 2 aliphatic heterocycles. The summed E-state index contributed by atoms with van der Waals surface area (Å²) < 4.78 is 17.1. The molecule has 128 valence electrons. The van der Waals surface area contributed by atoms with Gasteiger partial charge in [-0.2, -0.15) is 4.98 Å². The molecule has 0 radical (unpaired) electrons. The van der Waals surface area contributed by atoms with E-state index < -0.39 is 0 Å². The van der Waals surface area contributed by atoms with Crippen LogP contribution in [0.1, 0.15) is 61.6 Å². The molecule has 5 heteroatoms. The molecule has 0 saturated carbocycles. The maximum Gasteiger partial charge on any atom is 0.255 e. The van der Waals surface area contributed by atoms with Crippen molar-refractivity contribution in [2.45, 2.75) is 57.2 Å². The van der Waals surface area contributed by atoms with Gasteiger partial charge in [-0.1, -0.05) is 35.0 Å². The van der Waals surface area contributed by atoms with Gasteiger partial charge in [-0.25, -0.2) is 0 Å². The van der Waals surface area contributed by atoms with E-state index in [9.17, 15) is 0 Å². The zero-order valence-corrected chi connectivity index (χ0v) is 14.3. The smallest absolute Gasteiger partial charge is 0.255 e. The van der Waals surface area contributed by atoms with Crippen LogP contribution in [0.15, 0.2) is 28.8 Å². The van der Waals surface area contributed by atoms with Crippen molar-refractivity contribution in [3.63, 3.8) is 0 Å². The second kappa shape index (κ2) is 6.30. The lowest BCUT2D eigenvalue weighted by Crippen LogP contribution is -2.36. The lowest BCUT2D eigenvalue weighted by atomic mass is 9.73. The first-order valence-electron chi connectivity index (χ1n) is 8.82. The van der Waals surface area contributed by atoms with Crippen molar-refractivity contribution in [1.82, 2.24) is 10.1 Å². The summed E-state index contributed by atoms with van der Waals surface area (Å²) in [6.07, 6.45) is 3.94. The van der Waals surface area contributed by atoms with Crippen LogP contribution in [0.3, 0.4) is 0 Å². The van der Waals surface area contributed by atoms with Crippen LogP contribution < -0.4 is 0 Å². The van der Waals surface area contributed by atoms with E-state index in [1.165, 1.54) is 11.1 Å². The topological polar surface area (TPSA) is 57.4 Å². The summed E-state index contributed by atoms with van der Waals surface area (Å²) in [4.78, 5) is 4.76. The van der Waals surface area contributed by atoms with E-state index >= 15 is 0 Å². The molecule has 1 aromatic carbocycles. The second-order valence-corrected chi connectivity index (χ2v) is 7.03. The lowest BCUT2D eigenvalue weighted by molar-refractivity contribution is 0.0355. The molecular weight excluding hydrogens is 304 g/mol. The fourth-order valence-corrected chi connectivity index (χ4v) is 3.78. The second-order valence-electron chi connectivity index (χ2n) is 7.03. The molecule has 0 amide bonds. The molecule has 24 heavy (non-hydrogen) atoms. The molecule has 1 aromatic heterocycles. The predicted molar refractivity (Wildman–Crippen MR) is 88.8 cm³/mol. The van der Waals surface area contributed by atoms with Crippen LogP contribution >= 0.6 is 0 Å². The van der Waals surface area contributed by atoms with Crippen molar-refractivity contribution in [3.05, 3.63) is 47.1 Å². The van der Waals surface area contributed by atoms with Gasteiger partial charge in [0.1, 0.15) is 6.10 Å². The van der Waals surface area contributed by atoms with Crippen LogP contribution in [-0.4, -0.2) is 29.5 Å². The van der Waals surface area contributed by atoms with E-state index in [4.69, 9.17) is 19.0 Å². The van der Waals surface area contributed by atoms with Crippen molar-refractivity contribution in [2.24, 2.45) is 0 Å². The van der Waals surface area contributed by atoms with Gasteiger partial charge in [0.15, 0.2) is 5.82 Å². The van der Waals surface area contributed by atoms with E-state index in [0.717, 1.165) is 31.5 Å². The molecular formula is C19H24N2O3. The van der Waals surface area contributed by atoms with Crippen LogP contribution in [0.2, 0.25) is 0 Å². The maximum absolute atomic E-state index is 5.88. The molecule has 0 unspecified atom stereocenters. The highest BCUT2D eigenvalue weighted by molar-refractivity contribution is 5.35. The van der Waals surface area contributed by atoms with Crippen LogP contribution in [0, 0.1) is 6.92 Å². The number of hydrogen-bond donors (Lipinski definition) is 0. The Balaban J connectivity index is 1.69. The molecule has 5 nitrogen and oxygen atoms in total. The van der Waals surface area contributed by atoms with E-state index in [2.05, 4.69) is 43.3 Å². The first-order chi connectivity index (χ1) is 11.7. The third-order valence-electron chi connectivity index (χ3n) is 5.33. The van der Waals surface area contributed by atoms with Crippen molar-refractivity contribution >= 4 is 0 Å². The molecule has 2 saturated heterocycles. The Bertz CT molecular complexity index is 689. The minimum Gasteiger partial charge on any atom is -0.381 e. The zero-order chi connectivity index (χ0) is 16.6. The Hall–Kier alpha value is -1.72. The molecule has 2 aromatic rings. The van der Waals surface area contributed by atoms with Gasteiger partial charge in [0.2, 0.25) is 0 Å². The Morgan fingerprint density at radius 2 is 1.83 bits per heavy atom. The molecule has 0 bridgehead atoms. The number of aromatic nitrogens is 2. The summed E-state index contributed by atoms with van der Waals surface area (Å²) in [6, 6.07) is 8.67. The summed E-state index contributed by atoms with van der Waals surface area (Å²) >= 11 is 0. The number of benzene rings is 1. The summed E-state index contributed by atoms with van der Waals surface area (Å²) in [5.41, 5.74) is 2.27. The summed E-state index contributed by atoms with van der Waals surface area (Å²) in [7, 11) is 0. The molecule has 4 rings (SSSR count). The number of hydrogen-bond acceptors (Lipinski definition) is 5. The monoisotopic (exact) mass is 328 g/mol. The van der Waals surface area contributed by atoms with Crippen LogP contribution in [0.4, 0.5) is 0 Å². The average molecular weight is 328 g/mol. The van der Waals surface area contributed by atoms with Gasteiger partial charge in [-0.15, -0.1) is 0 Å². The normalized spacial score (nSPS) is 26.6. The Morgan fingerprint density at radius 1 is 1.08 bits per heavy atom. The Labute approximate surface area is 142 Å². The third-order valence-corrected chi connectivity index (χ3v) is 5.33. The summed E-state index contributed by atoms with van der Waals surface area (Å²) in [5.74, 6) is 1.39. The molecule has 0 spiro atoms. The fourth-order valence-electron chi connectivity index (χ4n) is 3.78. The van der Waals surface area contributed by atoms with E-state index in [0.29, 0.717) is 19.1 Å². The number of ether oxygens (including phenoxy) is 2. The van der Waals surface area contributed by atoms with E-state index in [1.807, 2.05) is 0 Å². The SMILES string of the molecule is Cc1ccc(C2(c3noc([C@H]4CC[C@@H](C)O4)n3)CCOCC2)cc1. The first kappa shape index (κ1) is 15.8. The standard InChI is InChI=1S/C19H24N2O3/c1-13-3-6-15(7-4-13)19(9-11-22-12-10-19)18-20-17(24-21-18)16-8-5-14(2)23-16/h3-4,6-7,14,16H,5,8-12H2,1-2H3/t14-,16-/m1/s1. The summed E-state index contributed by atoms with van der Waals surface area (Å²) in [5, 5.41) is 4.36. The minimum atomic E-state index is -0.224. The van der Waals surface area contributed by atoms with Gasteiger partial charge >= 0.3 is 0 Å². The number of aryl methyl sites for hydroxylation is 1. The van der Waals surface area contributed by atoms with Gasteiger partial charge < -0.3 is 14.0 Å². The number of nitrogens with zero attached hydrogens (tertiary/aromatic N) is 2. The molecule has 2 atom stereocenters. The zero-order valence-electron chi connectivity index (χ0n) is 14.3. The predicted octanol–water partition coefficient (Wildman–Crippen LogP) is 3.71. The fraction of sp³-hybridized carbons (Fsp3) is 0.579. The van der Waals surface area contributed by atoms with Gasteiger partial charge in [0, 0.05) is 13.2 Å². The van der Waals surface area contributed by atoms with Crippen molar-refractivity contribution in [1.29, 1.82) is 0 Å². The number of rotatable bonds is 3. The molecule has 0 N–H and O–H groups in total. The van der Waals surface area contributed by atoms with E-state index in [-0.39, 0.29) is 17.6 Å². The highest BCUT2D eigenvalue weighted by Crippen LogP contribution is 2.41. The van der Waals surface area contributed by atoms with Crippen molar-refractivity contribution in [3.8, 4) is 0 Å². The molecule has 0 aliphatic carbocycles. The molecule has 2 aliphatic rings.